The fourth-order valence-electron chi connectivity index (χ4n) is 2.56. The summed E-state index contributed by atoms with van der Waals surface area (Å²) in [5, 5.41) is 6.51. The van der Waals surface area contributed by atoms with Crippen LogP contribution in [0.2, 0.25) is 0 Å². The van der Waals surface area contributed by atoms with Crippen LogP contribution in [0.5, 0.6) is 0 Å². The maximum absolute atomic E-state index is 12.1. The minimum atomic E-state index is -0.157. The van der Waals surface area contributed by atoms with E-state index >= 15 is 0 Å². The summed E-state index contributed by atoms with van der Waals surface area (Å²) < 4.78 is 1.99. The van der Waals surface area contributed by atoms with Crippen LogP contribution in [0, 0.1) is 0 Å². The number of fused-ring (bicyclic) bond motifs is 3. The molecule has 2 amide bonds. The predicted molar refractivity (Wildman–Crippen MR) is 71.9 cm³/mol. The summed E-state index contributed by atoms with van der Waals surface area (Å²) in [6.45, 7) is 0.627. The molecule has 0 radical (unpaired) electrons. The van der Waals surface area contributed by atoms with Gasteiger partial charge >= 0.3 is 0 Å². The second kappa shape index (κ2) is 4.42. The van der Waals surface area contributed by atoms with Gasteiger partial charge in [0.25, 0.3) is 5.91 Å². The van der Waals surface area contributed by atoms with Crippen molar-refractivity contribution in [3.8, 4) is 0 Å². The summed E-state index contributed by atoms with van der Waals surface area (Å²) in [7, 11) is 1.60. The summed E-state index contributed by atoms with van der Waals surface area (Å²) in [6, 6.07) is 9.62. The van der Waals surface area contributed by atoms with Crippen molar-refractivity contribution in [1.82, 2.24) is 15.2 Å². The molecule has 2 aromatic rings. The number of carbonyl (C=O) groups excluding carboxylic acids is 2. The Morgan fingerprint density at radius 3 is 3.05 bits per heavy atom. The van der Waals surface area contributed by atoms with E-state index in [0.717, 1.165) is 10.9 Å². The lowest BCUT2D eigenvalue weighted by molar-refractivity contribution is -0.121. The van der Waals surface area contributed by atoms with E-state index in [4.69, 9.17) is 0 Å². The molecule has 1 aliphatic heterocycles. The second-order valence-electron chi connectivity index (χ2n) is 4.75. The van der Waals surface area contributed by atoms with Gasteiger partial charge in [0.2, 0.25) is 5.91 Å². The number of para-hydroxylation sites is 1. The zero-order chi connectivity index (χ0) is 13.4. The summed E-state index contributed by atoms with van der Waals surface area (Å²) in [4.78, 5) is 23.5. The van der Waals surface area contributed by atoms with Gasteiger partial charge in [-0.25, -0.2) is 0 Å². The zero-order valence-electron chi connectivity index (χ0n) is 10.6. The van der Waals surface area contributed by atoms with E-state index in [9.17, 15) is 9.59 Å². The van der Waals surface area contributed by atoms with Crippen molar-refractivity contribution >= 4 is 22.7 Å². The normalized spacial score (nSPS) is 17.9. The third-order valence-electron chi connectivity index (χ3n) is 3.49. The van der Waals surface area contributed by atoms with E-state index in [-0.39, 0.29) is 17.9 Å². The van der Waals surface area contributed by atoms with Crippen molar-refractivity contribution < 1.29 is 9.59 Å². The number of nitrogens with one attached hydrogen (secondary N) is 2. The highest BCUT2D eigenvalue weighted by Gasteiger charge is 2.26. The van der Waals surface area contributed by atoms with Gasteiger partial charge in [-0.1, -0.05) is 18.2 Å². The van der Waals surface area contributed by atoms with Gasteiger partial charge in [0.1, 0.15) is 5.69 Å². The second-order valence-corrected chi connectivity index (χ2v) is 4.75. The Morgan fingerprint density at radius 1 is 1.47 bits per heavy atom. The highest BCUT2D eigenvalue weighted by molar-refractivity contribution is 5.99. The van der Waals surface area contributed by atoms with E-state index in [2.05, 4.69) is 10.6 Å². The number of nitrogens with zero attached hydrogens (tertiary/aromatic N) is 1. The number of hydrogen-bond donors (Lipinski definition) is 2. The first-order valence-electron chi connectivity index (χ1n) is 6.29. The predicted octanol–water partition coefficient (Wildman–Crippen LogP) is 0.889. The van der Waals surface area contributed by atoms with Crippen LogP contribution in [0.1, 0.15) is 16.9 Å². The largest absolute Gasteiger partial charge is 0.359 e. The van der Waals surface area contributed by atoms with Crippen molar-refractivity contribution in [1.29, 1.82) is 0 Å². The third kappa shape index (κ3) is 1.97. The molecular formula is C14H15N3O2. The molecule has 0 spiro atoms. The minimum absolute atomic E-state index is 0.0646. The van der Waals surface area contributed by atoms with Gasteiger partial charge in [-0.15, -0.1) is 0 Å². The van der Waals surface area contributed by atoms with Gasteiger partial charge in [0.05, 0.1) is 6.04 Å². The first-order valence-corrected chi connectivity index (χ1v) is 6.29. The Morgan fingerprint density at radius 2 is 2.26 bits per heavy atom. The monoisotopic (exact) mass is 257 g/mol. The molecule has 19 heavy (non-hydrogen) atoms. The molecule has 0 aliphatic carbocycles. The molecule has 0 saturated heterocycles. The molecule has 2 N–H and O–H groups in total. The van der Waals surface area contributed by atoms with E-state index in [0.29, 0.717) is 18.7 Å². The van der Waals surface area contributed by atoms with Crippen molar-refractivity contribution in [2.75, 3.05) is 7.05 Å². The van der Waals surface area contributed by atoms with Crippen LogP contribution in [0.3, 0.4) is 0 Å². The number of rotatable bonds is 2. The van der Waals surface area contributed by atoms with Crippen LogP contribution in [0.4, 0.5) is 0 Å². The van der Waals surface area contributed by atoms with Crippen molar-refractivity contribution in [3.63, 3.8) is 0 Å². The first-order chi connectivity index (χ1) is 9.19. The molecular weight excluding hydrogens is 242 g/mol. The van der Waals surface area contributed by atoms with Gasteiger partial charge in [-0.2, -0.15) is 0 Å². The highest BCUT2D eigenvalue weighted by atomic mass is 16.2. The van der Waals surface area contributed by atoms with Gasteiger partial charge in [-0.05, 0) is 12.1 Å². The van der Waals surface area contributed by atoms with Crippen LogP contribution in [-0.2, 0) is 11.3 Å². The van der Waals surface area contributed by atoms with Crippen LogP contribution < -0.4 is 10.6 Å². The molecule has 98 valence electrons. The molecule has 1 aliphatic rings. The average molecular weight is 257 g/mol. The molecule has 0 unspecified atom stereocenters. The molecule has 2 heterocycles. The van der Waals surface area contributed by atoms with E-state index in [1.807, 2.05) is 34.9 Å². The molecule has 0 fully saturated rings. The van der Waals surface area contributed by atoms with Gasteiger partial charge in [0, 0.05) is 30.9 Å². The third-order valence-corrected chi connectivity index (χ3v) is 3.49. The lowest BCUT2D eigenvalue weighted by atomic mass is 10.1. The van der Waals surface area contributed by atoms with Crippen LogP contribution in [0.15, 0.2) is 30.3 Å². The zero-order valence-corrected chi connectivity index (χ0v) is 10.6. The van der Waals surface area contributed by atoms with Crippen molar-refractivity contribution in [2.45, 2.75) is 19.0 Å². The van der Waals surface area contributed by atoms with Crippen LogP contribution >= 0.6 is 0 Å². The van der Waals surface area contributed by atoms with Crippen LogP contribution in [0.25, 0.3) is 10.9 Å². The fourth-order valence-corrected chi connectivity index (χ4v) is 2.56. The topological polar surface area (TPSA) is 63.1 Å². The van der Waals surface area contributed by atoms with E-state index in [1.165, 1.54) is 0 Å². The summed E-state index contributed by atoms with van der Waals surface area (Å²) >= 11 is 0. The Bertz CT molecular complexity index is 660. The summed E-state index contributed by atoms with van der Waals surface area (Å²) in [6.07, 6.45) is 0.300. The SMILES string of the molecule is CNC(=O)C[C@H]1Cn2c(cc3ccccc32)C(=O)N1. The maximum Gasteiger partial charge on any atom is 0.268 e. The number of benzene rings is 1. The van der Waals surface area contributed by atoms with E-state index < -0.39 is 0 Å². The number of carbonyl (C=O) groups is 2. The first kappa shape index (κ1) is 11.8. The molecule has 3 rings (SSSR count). The molecule has 1 atom stereocenters. The molecule has 1 aromatic carbocycles. The standard InChI is InChI=1S/C14H15N3O2/c1-15-13(18)7-10-8-17-11-5-3-2-4-9(11)6-12(17)14(19)16-10/h2-6,10H,7-8H2,1H3,(H,15,18)(H,16,19)/t10-/m0/s1. The lowest BCUT2D eigenvalue weighted by Crippen LogP contribution is -2.46. The van der Waals surface area contributed by atoms with Gasteiger partial charge < -0.3 is 15.2 Å². The van der Waals surface area contributed by atoms with Crippen molar-refractivity contribution in [3.05, 3.63) is 36.0 Å². The quantitative estimate of drug-likeness (QED) is 0.839. The van der Waals surface area contributed by atoms with Crippen LogP contribution in [-0.4, -0.2) is 29.5 Å². The Balaban J connectivity index is 1.98. The molecule has 0 saturated carbocycles. The number of aromatic nitrogens is 1. The number of hydrogen-bond acceptors (Lipinski definition) is 2. The summed E-state index contributed by atoms with van der Waals surface area (Å²) in [5.74, 6) is -0.179. The highest BCUT2D eigenvalue weighted by Crippen LogP contribution is 2.23. The van der Waals surface area contributed by atoms with Crippen molar-refractivity contribution in [2.24, 2.45) is 0 Å². The minimum Gasteiger partial charge on any atom is -0.359 e. The molecule has 5 nitrogen and oxygen atoms in total. The molecule has 1 aromatic heterocycles. The van der Waals surface area contributed by atoms with Gasteiger partial charge in [-0.3, -0.25) is 9.59 Å². The maximum atomic E-state index is 12.1. The fraction of sp³-hybridized carbons (Fsp3) is 0.286. The Kier molecular flexibility index (Phi) is 2.74. The van der Waals surface area contributed by atoms with E-state index in [1.54, 1.807) is 7.05 Å². The van der Waals surface area contributed by atoms with Gasteiger partial charge in [0.15, 0.2) is 0 Å². The Labute approximate surface area is 110 Å². The lowest BCUT2D eigenvalue weighted by Gasteiger charge is -2.25. The summed E-state index contributed by atoms with van der Waals surface area (Å²) in [5.41, 5.74) is 1.70. The number of amides is 2. The smallest absolute Gasteiger partial charge is 0.268 e. The molecule has 0 bridgehead atoms. The average Bonchev–Trinajstić information content (AvgIpc) is 2.78. The molecule has 5 heteroatoms. The Hall–Kier alpha value is -2.30.